The molecule has 1 N–H and O–H groups in total. The van der Waals surface area contributed by atoms with Gasteiger partial charge in [-0.3, -0.25) is 4.79 Å². The largest absolute Gasteiger partial charge is 0.494 e. The number of benzene rings is 2. The van der Waals surface area contributed by atoms with Crippen LogP contribution in [0, 0.1) is 0 Å². The highest BCUT2D eigenvalue weighted by Crippen LogP contribution is 2.26. The molecule has 1 amide bonds. The van der Waals surface area contributed by atoms with Crippen LogP contribution in [0.2, 0.25) is 0 Å². The van der Waals surface area contributed by atoms with Gasteiger partial charge < -0.3 is 14.8 Å². The normalized spacial score (nSPS) is 10.0. The third-order valence-corrected chi connectivity index (χ3v) is 2.84. The molecule has 4 nitrogen and oxygen atoms in total. The first-order chi connectivity index (χ1) is 10.2. The number of nitrogens with one attached hydrogen (secondary N) is 1. The van der Waals surface area contributed by atoms with E-state index in [9.17, 15) is 4.79 Å². The predicted octanol–water partition coefficient (Wildman–Crippen LogP) is 3.74. The second-order valence-corrected chi connectivity index (χ2v) is 4.34. The Balaban J connectivity index is 2.22. The second-order valence-electron chi connectivity index (χ2n) is 4.34. The molecule has 0 aromatic heterocycles. The number of carbonyl (C=O) groups is 1. The van der Waals surface area contributed by atoms with E-state index in [1.165, 1.54) is 0 Å². The van der Waals surface area contributed by atoms with Gasteiger partial charge in [-0.25, -0.2) is 0 Å². The lowest BCUT2D eigenvalue weighted by atomic mass is 10.1. The topological polar surface area (TPSA) is 47.6 Å². The second kappa shape index (κ2) is 7.33. The SMILES string of the molecule is CCOc1ccc(C(=O)Nc2ccccc2)c(OCC)c1. The van der Waals surface area contributed by atoms with Gasteiger partial charge in [0.05, 0.1) is 18.8 Å². The van der Waals surface area contributed by atoms with E-state index in [4.69, 9.17) is 9.47 Å². The van der Waals surface area contributed by atoms with Gasteiger partial charge in [0.15, 0.2) is 0 Å². The Labute approximate surface area is 124 Å². The number of hydrogen-bond acceptors (Lipinski definition) is 3. The van der Waals surface area contributed by atoms with Crippen LogP contribution in [0.3, 0.4) is 0 Å². The number of hydrogen-bond donors (Lipinski definition) is 1. The summed E-state index contributed by atoms with van der Waals surface area (Å²) in [6.45, 7) is 4.85. The molecule has 0 heterocycles. The first-order valence-electron chi connectivity index (χ1n) is 7.00. The van der Waals surface area contributed by atoms with Crippen molar-refractivity contribution in [1.82, 2.24) is 0 Å². The minimum Gasteiger partial charge on any atom is -0.494 e. The van der Waals surface area contributed by atoms with Gasteiger partial charge in [-0.05, 0) is 38.1 Å². The fraction of sp³-hybridized carbons (Fsp3) is 0.235. The zero-order valence-corrected chi connectivity index (χ0v) is 12.3. The minimum absolute atomic E-state index is 0.201. The molecule has 2 aromatic rings. The predicted molar refractivity (Wildman–Crippen MR) is 83.2 cm³/mol. The number of rotatable bonds is 6. The zero-order valence-electron chi connectivity index (χ0n) is 12.3. The van der Waals surface area contributed by atoms with E-state index in [0.717, 1.165) is 5.69 Å². The van der Waals surface area contributed by atoms with Gasteiger partial charge in [0.2, 0.25) is 0 Å². The molecule has 0 saturated carbocycles. The van der Waals surface area contributed by atoms with E-state index in [0.29, 0.717) is 30.3 Å². The highest BCUT2D eigenvalue weighted by atomic mass is 16.5. The lowest BCUT2D eigenvalue weighted by molar-refractivity contribution is 0.102. The maximum Gasteiger partial charge on any atom is 0.259 e. The molecule has 0 atom stereocenters. The van der Waals surface area contributed by atoms with Crippen molar-refractivity contribution in [1.29, 1.82) is 0 Å². The summed E-state index contributed by atoms with van der Waals surface area (Å²) in [5, 5.41) is 2.85. The molecule has 110 valence electrons. The fourth-order valence-electron chi connectivity index (χ4n) is 1.94. The molecule has 0 unspecified atom stereocenters. The van der Waals surface area contributed by atoms with Gasteiger partial charge in [-0.1, -0.05) is 18.2 Å². The Kier molecular flexibility index (Phi) is 5.21. The first kappa shape index (κ1) is 14.9. The molecule has 0 radical (unpaired) electrons. The van der Waals surface area contributed by atoms with Gasteiger partial charge >= 0.3 is 0 Å². The number of anilines is 1. The van der Waals surface area contributed by atoms with Crippen LogP contribution >= 0.6 is 0 Å². The molecule has 4 heteroatoms. The Morgan fingerprint density at radius 2 is 1.71 bits per heavy atom. The van der Waals surface area contributed by atoms with Crippen LogP contribution in [0.15, 0.2) is 48.5 Å². The Morgan fingerprint density at radius 3 is 2.38 bits per heavy atom. The van der Waals surface area contributed by atoms with Gasteiger partial charge in [-0.15, -0.1) is 0 Å². The first-order valence-corrected chi connectivity index (χ1v) is 7.00. The molecule has 0 saturated heterocycles. The highest BCUT2D eigenvalue weighted by molar-refractivity contribution is 6.06. The molecular weight excluding hydrogens is 266 g/mol. The van der Waals surface area contributed by atoms with Crippen molar-refractivity contribution in [2.45, 2.75) is 13.8 Å². The Morgan fingerprint density at radius 1 is 1.00 bits per heavy atom. The molecule has 0 aliphatic rings. The number of para-hydroxylation sites is 1. The summed E-state index contributed by atoms with van der Waals surface area (Å²) >= 11 is 0. The van der Waals surface area contributed by atoms with Crippen molar-refractivity contribution in [2.24, 2.45) is 0 Å². The van der Waals surface area contributed by atoms with Gasteiger partial charge in [0, 0.05) is 11.8 Å². The van der Waals surface area contributed by atoms with Crippen molar-refractivity contribution >= 4 is 11.6 Å². The van der Waals surface area contributed by atoms with Crippen LogP contribution in [-0.2, 0) is 0 Å². The summed E-state index contributed by atoms with van der Waals surface area (Å²) in [5.41, 5.74) is 1.24. The molecule has 0 aliphatic heterocycles. The average molecular weight is 285 g/mol. The summed E-state index contributed by atoms with van der Waals surface area (Å²) in [7, 11) is 0. The average Bonchev–Trinajstić information content (AvgIpc) is 2.49. The summed E-state index contributed by atoms with van der Waals surface area (Å²) in [6.07, 6.45) is 0. The quantitative estimate of drug-likeness (QED) is 0.879. The molecule has 2 aromatic carbocycles. The van der Waals surface area contributed by atoms with Crippen LogP contribution in [-0.4, -0.2) is 19.1 Å². The maximum absolute atomic E-state index is 12.3. The van der Waals surface area contributed by atoms with E-state index in [1.54, 1.807) is 18.2 Å². The van der Waals surface area contributed by atoms with Crippen molar-refractivity contribution < 1.29 is 14.3 Å². The van der Waals surface area contributed by atoms with Gasteiger partial charge in [0.25, 0.3) is 5.91 Å². The van der Waals surface area contributed by atoms with Crippen molar-refractivity contribution in [3.63, 3.8) is 0 Å². The summed E-state index contributed by atoms with van der Waals surface area (Å²) in [5.74, 6) is 1.02. The number of amides is 1. The third-order valence-electron chi connectivity index (χ3n) is 2.84. The summed E-state index contributed by atoms with van der Waals surface area (Å²) < 4.78 is 11.0. The van der Waals surface area contributed by atoms with Crippen LogP contribution in [0.5, 0.6) is 11.5 Å². The zero-order chi connectivity index (χ0) is 15.1. The van der Waals surface area contributed by atoms with Crippen LogP contribution in [0.25, 0.3) is 0 Å². The monoisotopic (exact) mass is 285 g/mol. The Hall–Kier alpha value is -2.49. The summed E-state index contributed by atoms with van der Waals surface area (Å²) in [4.78, 5) is 12.3. The number of carbonyl (C=O) groups excluding carboxylic acids is 1. The molecule has 0 fully saturated rings. The van der Waals surface area contributed by atoms with Crippen LogP contribution in [0.4, 0.5) is 5.69 Å². The van der Waals surface area contributed by atoms with E-state index in [2.05, 4.69) is 5.32 Å². The molecule has 0 spiro atoms. The van der Waals surface area contributed by atoms with Crippen LogP contribution in [0.1, 0.15) is 24.2 Å². The van der Waals surface area contributed by atoms with E-state index < -0.39 is 0 Å². The lowest BCUT2D eigenvalue weighted by Crippen LogP contribution is -2.13. The van der Waals surface area contributed by atoms with Crippen LogP contribution < -0.4 is 14.8 Å². The van der Waals surface area contributed by atoms with E-state index in [-0.39, 0.29) is 5.91 Å². The van der Waals surface area contributed by atoms with E-state index in [1.807, 2.05) is 44.2 Å². The van der Waals surface area contributed by atoms with Crippen molar-refractivity contribution in [3.05, 3.63) is 54.1 Å². The molecule has 21 heavy (non-hydrogen) atoms. The summed E-state index contributed by atoms with van der Waals surface area (Å²) in [6, 6.07) is 14.6. The standard InChI is InChI=1S/C17H19NO3/c1-3-20-14-10-11-15(16(12-14)21-4-2)17(19)18-13-8-6-5-7-9-13/h5-12H,3-4H2,1-2H3,(H,18,19). The maximum atomic E-state index is 12.3. The molecule has 2 rings (SSSR count). The molecule has 0 aliphatic carbocycles. The minimum atomic E-state index is -0.201. The fourth-order valence-corrected chi connectivity index (χ4v) is 1.94. The van der Waals surface area contributed by atoms with E-state index >= 15 is 0 Å². The third kappa shape index (κ3) is 3.99. The van der Waals surface area contributed by atoms with Crippen molar-refractivity contribution in [2.75, 3.05) is 18.5 Å². The molecular formula is C17H19NO3. The number of ether oxygens (including phenoxy) is 2. The lowest BCUT2D eigenvalue weighted by Gasteiger charge is -2.12. The van der Waals surface area contributed by atoms with Crippen molar-refractivity contribution in [3.8, 4) is 11.5 Å². The van der Waals surface area contributed by atoms with Gasteiger partial charge in [0.1, 0.15) is 11.5 Å². The van der Waals surface area contributed by atoms with Gasteiger partial charge in [-0.2, -0.15) is 0 Å². The smallest absolute Gasteiger partial charge is 0.259 e. The Bertz CT molecular complexity index is 596. The molecule has 0 bridgehead atoms. The highest BCUT2D eigenvalue weighted by Gasteiger charge is 2.14.